The van der Waals surface area contributed by atoms with E-state index in [-0.39, 0.29) is 6.61 Å². The Bertz CT molecular complexity index is 718. The highest BCUT2D eigenvalue weighted by molar-refractivity contribution is 9.10. The van der Waals surface area contributed by atoms with Crippen LogP contribution in [0.15, 0.2) is 16.6 Å². The van der Waals surface area contributed by atoms with E-state index in [1.54, 1.807) is 18.7 Å². The van der Waals surface area contributed by atoms with Crippen molar-refractivity contribution in [1.29, 1.82) is 0 Å². The number of aromatic nitrogens is 2. The van der Waals surface area contributed by atoms with E-state index in [1.165, 1.54) is 0 Å². The lowest BCUT2D eigenvalue weighted by Crippen LogP contribution is -2.05. The summed E-state index contributed by atoms with van der Waals surface area (Å²) in [6.07, 6.45) is 0. The minimum atomic E-state index is -1.16. The zero-order chi connectivity index (χ0) is 15.7. The predicted molar refractivity (Wildman–Crippen MR) is 73.0 cm³/mol. The van der Waals surface area contributed by atoms with E-state index in [1.807, 2.05) is 0 Å². The third kappa shape index (κ3) is 3.02. The van der Waals surface area contributed by atoms with Crippen LogP contribution >= 0.6 is 15.9 Å². The third-order valence-corrected chi connectivity index (χ3v) is 3.86. The van der Waals surface area contributed by atoms with Gasteiger partial charge in [0.25, 0.3) is 0 Å². The number of nitro groups is 1. The van der Waals surface area contributed by atoms with Crippen LogP contribution in [0.4, 0.5) is 14.5 Å². The molecule has 0 aliphatic rings. The van der Waals surface area contributed by atoms with Crippen molar-refractivity contribution in [3.8, 4) is 5.75 Å². The fraction of sp³-hybridized carbons (Fsp3) is 0.250. The molecule has 0 amide bonds. The Balaban J connectivity index is 2.25. The zero-order valence-corrected chi connectivity index (χ0v) is 12.6. The largest absolute Gasteiger partial charge is 0.484 e. The predicted octanol–water partition coefficient (Wildman–Crippen LogP) is 3.26. The molecular weight excluding hydrogens is 352 g/mol. The SMILES string of the molecule is Cc1nn(C)c(COc2cc(F)c([N+](=O)[O-])cc2F)c1Br. The molecule has 0 unspecified atom stereocenters. The summed E-state index contributed by atoms with van der Waals surface area (Å²) in [7, 11) is 1.68. The Morgan fingerprint density at radius 2 is 2.10 bits per heavy atom. The second-order valence-corrected chi connectivity index (χ2v) is 5.04. The van der Waals surface area contributed by atoms with E-state index in [2.05, 4.69) is 21.0 Å². The number of nitrogens with zero attached hydrogens (tertiary/aromatic N) is 3. The Morgan fingerprint density at radius 1 is 1.43 bits per heavy atom. The molecule has 1 aromatic carbocycles. The number of ether oxygens (including phenoxy) is 1. The first-order valence-electron chi connectivity index (χ1n) is 5.75. The molecule has 6 nitrogen and oxygen atoms in total. The molecule has 2 rings (SSSR count). The first-order chi connectivity index (χ1) is 9.81. The van der Waals surface area contributed by atoms with Gasteiger partial charge in [0.1, 0.15) is 6.61 Å². The number of hydrogen-bond donors (Lipinski definition) is 0. The Hall–Kier alpha value is -2.03. The lowest BCUT2D eigenvalue weighted by Gasteiger charge is -2.08. The van der Waals surface area contributed by atoms with E-state index in [9.17, 15) is 18.9 Å². The lowest BCUT2D eigenvalue weighted by molar-refractivity contribution is -0.387. The van der Waals surface area contributed by atoms with Crippen LogP contribution < -0.4 is 4.74 Å². The zero-order valence-electron chi connectivity index (χ0n) is 11.1. The van der Waals surface area contributed by atoms with Crippen LogP contribution in [0.1, 0.15) is 11.4 Å². The van der Waals surface area contributed by atoms with Gasteiger partial charge in [-0.2, -0.15) is 9.49 Å². The highest BCUT2D eigenvalue weighted by Crippen LogP contribution is 2.28. The van der Waals surface area contributed by atoms with Crippen molar-refractivity contribution in [2.75, 3.05) is 0 Å². The maximum Gasteiger partial charge on any atom is 0.307 e. The monoisotopic (exact) mass is 361 g/mol. The summed E-state index contributed by atoms with van der Waals surface area (Å²) in [5.74, 6) is -2.56. The molecule has 0 saturated carbocycles. The molecule has 0 saturated heterocycles. The number of rotatable bonds is 4. The number of aryl methyl sites for hydroxylation is 2. The molecular formula is C12H10BrF2N3O3. The summed E-state index contributed by atoms with van der Waals surface area (Å²) in [6, 6.07) is 1.15. The van der Waals surface area contributed by atoms with Crippen LogP contribution in [-0.4, -0.2) is 14.7 Å². The smallest absolute Gasteiger partial charge is 0.307 e. The van der Waals surface area contributed by atoms with Crippen LogP contribution in [0.2, 0.25) is 0 Å². The van der Waals surface area contributed by atoms with Gasteiger partial charge in [0.15, 0.2) is 11.6 Å². The first-order valence-corrected chi connectivity index (χ1v) is 6.54. The number of hydrogen-bond acceptors (Lipinski definition) is 4. The summed E-state index contributed by atoms with van der Waals surface area (Å²) < 4.78 is 34.6. The summed E-state index contributed by atoms with van der Waals surface area (Å²) >= 11 is 3.32. The minimum Gasteiger partial charge on any atom is -0.484 e. The second-order valence-electron chi connectivity index (χ2n) is 4.25. The van der Waals surface area contributed by atoms with Crippen molar-refractivity contribution >= 4 is 21.6 Å². The third-order valence-electron chi connectivity index (χ3n) is 2.82. The summed E-state index contributed by atoms with van der Waals surface area (Å²) in [4.78, 5) is 9.50. The summed E-state index contributed by atoms with van der Waals surface area (Å²) in [6.45, 7) is 1.71. The topological polar surface area (TPSA) is 70.2 Å². The minimum absolute atomic E-state index is 0.0634. The second kappa shape index (κ2) is 5.76. The normalized spacial score (nSPS) is 10.7. The maximum atomic E-state index is 13.7. The molecule has 1 heterocycles. The molecule has 0 spiro atoms. The molecule has 0 radical (unpaired) electrons. The maximum absolute atomic E-state index is 13.7. The van der Waals surface area contributed by atoms with Crippen molar-refractivity contribution in [2.45, 2.75) is 13.5 Å². The highest BCUT2D eigenvalue weighted by Gasteiger charge is 2.20. The van der Waals surface area contributed by atoms with Crippen LogP contribution in [-0.2, 0) is 13.7 Å². The molecule has 21 heavy (non-hydrogen) atoms. The molecule has 0 bridgehead atoms. The first kappa shape index (κ1) is 15.4. The van der Waals surface area contributed by atoms with Gasteiger partial charge in [0.05, 0.1) is 26.9 Å². The van der Waals surface area contributed by atoms with Crippen molar-refractivity contribution in [3.05, 3.63) is 49.7 Å². The van der Waals surface area contributed by atoms with Crippen molar-refractivity contribution in [1.82, 2.24) is 9.78 Å². The van der Waals surface area contributed by atoms with E-state index in [0.29, 0.717) is 22.3 Å². The van der Waals surface area contributed by atoms with Gasteiger partial charge in [-0.25, -0.2) is 4.39 Å². The van der Waals surface area contributed by atoms with Crippen LogP contribution in [0, 0.1) is 28.7 Å². The van der Waals surface area contributed by atoms with E-state index in [4.69, 9.17) is 4.74 Å². The van der Waals surface area contributed by atoms with E-state index in [0.717, 1.165) is 5.69 Å². The van der Waals surface area contributed by atoms with Gasteiger partial charge in [0.2, 0.25) is 5.82 Å². The average molecular weight is 362 g/mol. The number of halogens is 3. The van der Waals surface area contributed by atoms with Crippen molar-refractivity contribution < 1.29 is 18.4 Å². The molecule has 0 aliphatic heterocycles. The van der Waals surface area contributed by atoms with Gasteiger partial charge in [-0.1, -0.05) is 0 Å². The molecule has 0 N–H and O–H groups in total. The van der Waals surface area contributed by atoms with E-state index < -0.39 is 28.0 Å². The Labute approximate surface area is 126 Å². The average Bonchev–Trinajstić information content (AvgIpc) is 2.64. The fourth-order valence-electron chi connectivity index (χ4n) is 1.75. The highest BCUT2D eigenvalue weighted by atomic mass is 79.9. The van der Waals surface area contributed by atoms with Crippen LogP contribution in [0.3, 0.4) is 0 Å². The van der Waals surface area contributed by atoms with Crippen LogP contribution in [0.25, 0.3) is 0 Å². The molecule has 0 atom stereocenters. The van der Waals surface area contributed by atoms with Gasteiger partial charge in [0, 0.05) is 13.1 Å². The summed E-state index contributed by atoms with van der Waals surface area (Å²) in [5, 5.41) is 14.6. The van der Waals surface area contributed by atoms with Crippen molar-refractivity contribution in [3.63, 3.8) is 0 Å². The van der Waals surface area contributed by atoms with Gasteiger partial charge in [-0.3, -0.25) is 14.8 Å². The standard InChI is InChI=1S/C12H10BrF2N3O3/c1-6-12(13)10(17(2)16-6)5-21-11-4-7(14)9(18(19)20)3-8(11)15/h3-4H,5H2,1-2H3. The number of nitro benzene ring substituents is 1. The lowest BCUT2D eigenvalue weighted by atomic mass is 10.3. The van der Waals surface area contributed by atoms with Gasteiger partial charge >= 0.3 is 5.69 Å². The quantitative estimate of drug-likeness (QED) is 0.619. The summed E-state index contributed by atoms with van der Waals surface area (Å²) in [5.41, 5.74) is 0.425. The van der Waals surface area contributed by atoms with Gasteiger partial charge < -0.3 is 4.74 Å². The van der Waals surface area contributed by atoms with Gasteiger partial charge in [-0.05, 0) is 22.9 Å². The Morgan fingerprint density at radius 3 is 2.62 bits per heavy atom. The molecule has 2 aromatic rings. The molecule has 0 fully saturated rings. The van der Waals surface area contributed by atoms with E-state index >= 15 is 0 Å². The molecule has 9 heteroatoms. The van der Waals surface area contributed by atoms with Crippen LogP contribution in [0.5, 0.6) is 5.75 Å². The Kier molecular flexibility index (Phi) is 4.21. The fourth-order valence-corrected chi connectivity index (χ4v) is 2.20. The molecule has 1 aromatic heterocycles. The molecule has 0 aliphatic carbocycles. The van der Waals surface area contributed by atoms with Gasteiger partial charge in [-0.15, -0.1) is 0 Å². The molecule has 112 valence electrons. The van der Waals surface area contributed by atoms with Crippen molar-refractivity contribution in [2.24, 2.45) is 7.05 Å². The number of benzene rings is 1.